The van der Waals surface area contributed by atoms with Crippen LogP contribution in [-0.2, 0) is 4.79 Å². The second kappa shape index (κ2) is 7.49. The van der Waals surface area contributed by atoms with Crippen molar-refractivity contribution in [1.29, 1.82) is 0 Å². The van der Waals surface area contributed by atoms with Gasteiger partial charge in [-0.1, -0.05) is 34.9 Å². The molecule has 0 saturated heterocycles. The average Bonchev–Trinajstić information content (AvgIpc) is 2.56. The van der Waals surface area contributed by atoms with Gasteiger partial charge in [0.25, 0.3) is 0 Å². The largest absolute Gasteiger partial charge is 0.481 e. The SMILES string of the molecule is COc1ccc([C@H](c2ccc(Cl)cc2)[C@H](N=[N+]=[N-])C(=O)O)cn1. The summed E-state index contributed by atoms with van der Waals surface area (Å²) in [5.74, 6) is -1.52. The predicted molar refractivity (Wildman–Crippen MR) is 84.7 cm³/mol. The Hall–Kier alpha value is -2.76. The highest BCUT2D eigenvalue weighted by Crippen LogP contribution is 2.31. The molecular formula is C15H13ClN4O3. The fourth-order valence-electron chi connectivity index (χ4n) is 2.24. The van der Waals surface area contributed by atoms with E-state index < -0.39 is 17.9 Å². The number of aliphatic carboxylic acids is 1. The van der Waals surface area contributed by atoms with Crippen molar-refractivity contribution in [3.8, 4) is 5.88 Å². The van der Waals surface area contributed by atoms with E-state index in [0.717, 1.165) is 0 Å². The Labute approximate surface area is 137 Å². The summed E-state index contributed by atoms with van der Waals surface area (Å²) in [5, 5.41) is 13.4. The molecule has 7 nitrogen and oxygen atoms in total. The molecule has 2 rings (SSSR count). The Kier molecular flexibility index (Phi) is 5.41. The molecule has 1 heterocycles. The number of hydrogen-bond acceptors (Lipinski definition) is 4. The first-order chi connectivity index (χ1) is 11.1. The molecule has 8 heteroatoms. The lowest BCUT2D eigenvalue weighted by atomic mass is 9.86. The van der Waals surface area contributed by atoms with Crippen LogP contribution in [0.5, 0.6) is 5.88 Å². The summed E-state index contributed by atoms with van der Waals surface area (Å²) in [5.41, 5.74) is 9.94. The number of carboxylic acids is 1. The van der Waals surface area contributed by atoms with Crippen LogP contribution in [0.4, 0.5) is 0 Å². The minimum Gasteiger partial charge on any atom is -0.481 e. The molecule has 0 amide bonds. The quantitative estimate of drug-likeness (QED) is 0.494. The van der Waals surface area contributed by atoms with Gasteiger partial charge in [0, 0.05) is 28.1 Å². The summed E-state index contributed by atoms with van der Waals surface area (Å²) in [6.45, 7) is 0. The number of halogens is 1. The third-order valence-electron chi connectivity index (χ3n) is 3.30. The van der Waals surface area contributed by atoms with Crippen LogP contribution in [-0.4, -0.2) is 29.2 Å². The van der Waals surface area contributed by atoms with Crippen LogP contribution in [0.3, 0.4) is 0 Å². The summed E-state index contributed by atoms with van der Waals surface area (Å²) >= 11 is 5.88. The van der Waals surface area contributed by atoms with Crippen LogP contribution in [0.2, 0.25) is 5.02 Å². The van der Waals surface area contributed by atoms with E-state index >= 15 is 0 Å². The first-order valence-electron chi connectivity index (χ1n) is 6.59. The molecule has 0 bridgehead atoms. The Bertz CT molecular complexity index is 725. The third-order valence-corrected chi connectivity index (χ3v) is 3.55. The van der Waals surface area contributed by atoms with Crippen LogP contribution in [0.1, 0.15) is 17.0 Å². The maximum atomic E-state index is 11.5. The number of ether oxygens (including phenoxy) is 1. The molecule has 0 unspecified atom stereocenters. The summed E-state index contributed by atoms with van der Waals surface area (Å²) in [4.78, 5) is 18.3. The molecule has 0 aliphatic carbocycles. The number of azide groups is 1. The number of aromatic nitrogens is 1. The zero-order valence-corrected chi connectivity index (χ0v) is 12.9. The highest BCUT2D eigenvalue weighted by atomic mass is 35.5. The standard InChI is InChI=1S/C15H13ClN4O3/c1-23-12-7-4-10(8-18-12)13(14(15(21)22)19-20-17)9-2-5-11(16)6-3-9/h2-8,13-14H,1H3,(H,21,22)/t13-,14-/m0/s1. The molecule has 0 saturated carbocycles. The van der Waals surface area contributed by atoms with Gasteiger partial charge in [0.2, 0.25) is 5.88 Å². The van der Waals surface area contributed by atoms with Gasteiger partial charge in [-0.2, -0.15) is 0 Å². The highest BCUT2D eigenvalue weighted by Gasteiger charge is 2.30. The van der Waals surface area contributed by atoms with Crippen molar-refractivity contribution in [1.82, 2.24) is 4.98 Å². The van der Waals surface area contributed by atoms with Gasteiger partial charge in [-0.3, -0.25) is 4.79 Å². The number of pyridine rings is 1. The normalized spacial score (nSPS) is 12.8. The van der Waals surface area contributed by atoms with E-state index in [1.807, 2.05) is 0 Å². The van der Waals surface area contributed by atoms with Crippen LogP contribution < -0.4 is 4.74 Å². The van der Waals surface area contributed by atoms with E-state index in [1.165, 1.54) is 13.3 Å². The average molecular weight is 333 g/mol. The molecule has 1 aromatic carbocycles. The van der Waals surface area contributed by atoms with Crippen molar-refractivity contribution in [3.05, 3.63) is 69.2 Å². The monoisotopic (exact) mass is 332 g/mol. The van der Waals surface area contributed by atoms with Crippen molar-refractivity contribution in [2.45, 2.75) is 12.0 Å². The van der Waals surface area contributed by atoms with Crippen LogP contribution in [0, 0.1) is 0 Å². The Balaban J connectivity index is 2.55. The summed E-state index contributed by atoms with van der Waals surface area (Å²) in [6.07, 6.45) is 1.50. The molecule has 23 heavy (non-hydrogen) atoms. The molecule has 0 aliphatic heterocycles. The zero-order valence-electron chi connectivity index (χ0n) is 12.1. The second-order valence-electron chi connectivity index (χ2n) is 4.65. The highest BCUT2D eigenvalue weighted by molar-refractivity contribution is 6.30. The maximum absolute atomic E-state index is 11.5. The molecule has 2 aromatic rings. The molecule has 2 atom stereocenters. The maximum Gasteiger partial charge on any atom is 0.313 e. The summed E-state index contributed by atoms with van der Waals surface area (Å²) in [6, 6.07) is 8.68. The number of nitrogens with zero attached hydrogens (tertiary/aromatic N) is 4. The van der Waals surface area contributed by atoms with Crippen LogP contribution in [0.15, 0.2) is 47.7 Å². The van der Waals surface area contributed by atoms with E-state index in [-0.39, 0.29) is 0 Å². The second-order valence-corrected chi connectivity index (χ2v) is 5.09. The van der Waals surface area contributed by atoms with Crippen molar-refractivity contribution >= 4 is 17.6 Å². The van der Waals surface area contributed by atoms with Gasteiger partial charge < -0.3 is 9.84 Å². The topological polar surface area (TPSA) is 108 Å². The fraction of sp³-hybridized carbons (Fsp3) is 0.200. The Morgan fingerprint density at radius 1 is 1.30 bits per heavy atom. The van der Waals surface area contributed by atoms with Crippen molar-refractivity contribution in [2.75, 3.05) is 7.11 Å². The number of rotatable bonds is 6. The lowest BCUT2D eigenvalue weighted by Crippen LogP contribution is -2.26. The third kappa shape index (κ3) is 3.91. The van der Waals surface area contributed by atoms with Gasteiger partial charge in [-0.25, -0.2) is 4.98 Å². The zero-order chi connectivity index (χ0) is 16.8. The number of carbonyl (C=O) groups is 1. The van der Waals surface area contributed by atoms with E-state index in [0.29, 0.717) is 22.0 Å². The van der Waals surface area contributed by atoms with Gasteiger partial charge in [0.05, 0.1) is 7.11 Å². The molecular weight excluding hydrogens is 320 g/mol. The molecule has 0 spiro atoms. The van der Waals surface area contributed by atoms with Crippen molar-refractivity contribution < 1.29 is 14.6 Å². The first-order valence-corrected chi connectivity index (χ1v) is 6.97. The fourth-order valence-corrected chi connectivity index (χ4v) is 2.36. The summed E-state index contributed by atoms with van der Waals surface area (Å²) in [7, 11) is 1.48. The number of hydrogen-bond donors (Lipinski definition) is 1. The molecule has 1 aromatic heterocycles. The van der Waals surface area contributed by atoms with E-state index in [1.54, 1.807) is 36.4 Å². The van der Waals surface area contributed by atoms with Gasteiger partial charge in [-0.15, -0.1) is 0 Å². The summed E-state index contributed by atoms with van der Waals surface area (Å²) < 4.78 is 5.00. The minimum atomic E-state index is -1.31. The van der Waals surface area contributed by atoms with Crippen molar-refractivity contribution in [2.24, 2.45) is 5.11 Å². The van der Waals surface area contributed by atoms with Gasteiger partial charge in [0.15, 0.2) is 0 Å². The minimum absolute atomic E-state index is 0.402. The molecule has 0 aliphatic rings. The molecule has 118 valence electrons. The smallest absolute Gasteiger partial charge is 0.313 e. The lowest BCUT2D eigenvalue weighted by Gasteiger charge is -2.21. The lowest BCUT2D eigenvalue weighted by molar-refractivity contribution is -0.138. The molecule has 1 N–H and O–H groups in total. The number of carboxylic acid groups (broad SMARTS) is 1. The van der Waals surface area contributed by atoms with E-state index in [2.05, 4.69) is 15.0 Å². The number of methoxy groups -OCH3 is 1. The number of benzene rings is 1. The predicted octanol–water partition coefficient (Wildman–Crippen LogP) is 3.64. The molecule has 0 radical (unpaired) electrons. The van der Waals surface area contributed by atoms with Crippen molar-refractivity contribution in [3.63, 3.8) is 0 Å². The van der Waals surface area contributed by atoms with Gasteiger partial charge in [-0.05, 0) is 28.8 Å². The van der Waals surface area contributed by atoms with E-state index in [9.17, 15) is 9.90 Å². The Morgan fingerprint density at radius 2 is 1.96 bits per heavy atom. The van der Waals surface area contributed by atoms with Crippen LogP contribution in [0.25, 0.3) is 10.4 Å². The van der Waals surface area contributed by atoms with Gasteiger partial charge in [0.1, 0.15) is 6.04 Å². The van der Waals surface area contributed by atoms with Gasteiger partial charge >= 0.3 is 5.97 Å². The first kappa shape index (κ1) is 16.6. The van der Waals surface area contributed by atoms with E-state index in [4.69, 9.17) is 21.9 Å². The van der Waals surface area contributed by atoms with Crippen LogP contribution >= 0.6 is 11.6 Å². The Morgan fingerprint density at radius 3 is 2.43 bits per heavy atom. The molecule has 0 fully saturated rings.